The quantitative estimate of drug-likeness (QED) is 0.737. The van der Waals surface area contributed by atoms with Crippen LogP contribution >= 0.6 is 11.6 Å². The summed E-state index contributed by atoms with van der Waals surface area (Å²) in [6, 6.07) is 9.08. The molecule has 92 valence electrons. The molecule has 0 heterocycles. The van der Waals surface area contributed by atoms with Crippen molar-refractivity contribution >= 4 is 17.4 Å². The molecule has 0 aromatic heterocycles. The monoisotopic (exact) mass is 262 g/mol. The molecule has 0 N–H and O–H groups in total. The summed E-state index contributed by atoms with van der Waals surface area (Å²) in [6.45, 7) is 3.69. The molecule has 2 aromatic rings. The van der Waals surface area contributed by atoms with Gasteiger partial charge in [0.2, 0.25) is 0 Å². The Morgan fingerprint density at radius 1 is 1.06 bits per heavy atom. The number of carbonyl (C=O) groups excluding carboxylic acids is 1. The molecule has 0 aliphatic carbocycles. The van der Waals surface area contributed by atoms with Crippen molar-refractivity contribution in [2.45, 2.75) is 13.8 Å². The van der Waals surface area contributed by atoms with Crippen LogP contribution in [0.1, 0.15) is 27.0 Å². The fraction of sp³-hybridized carbons (Fsp3) is 0.133. The van der Waals surface area contributed by atoms with Crippen LogP contribution in [0.15, 0.2) is 36.4 Å². The van der Waals surface area contributed by atoms with E-state index in [1.807, 2.05) is 13.8 Å². The third kappa shape index (κ3) is 2.44. The third-order valence-electron chi connectivity index (χ3n) is 2.86. The van der Waals surface area contributed by atoms with Crippen molar-refractivity contribution in [1.82, 2.24) is 0 Å². The predicted molar refractivity (Wildman–Crippen MR) is 70.8 cm³/mol. The Labute approximate surface area is 110 Å². The summed E-state index contributed by atoms with van der Waals surface area (Å²) in [6.07, 6.45) is 0. The fourth-order valence-electron chi connectivity index (χ4n) is 1.78. The van der Waals surface area contributed by atoms with Crippen molar-refractivity contribution in [3.05, 3.63) is 69.5 Å². The summed E-state index contributed by atoms with van der Waals surface area (Å²) < 4.78 is 12.8. The predicted octanol–water partition coefficient (Wildman–Crippen LogP) is 4.33. The molecule has 2 rings (SSSR count). The van der Waals surface area contributed by atoms with Crippen LogP contribution in [0.3, 0.4) is 0 Å². The Kier molecular flexibility index (Phi) is 3.48. The average Bonchev–Trinajstić information content (AvgIpc) is 2.34. The topological polar surface area (TPSA) is 17.1 Å². The molecule has 0 aliphatic heterocycles. The van der Waals surface area contributed by atoms with E-state index < -0.39 is 0 Å². The average molecular weight is 263 g/mol. The lowest BCUT2D eigenvalue weighted by Gasteiger charge is -2.08. The van der Waals surface area contributed by atoms with Gasteiger partial charge < -0.3 is 0 Å². The zero-order valence-electron chi connectivity index (χ0n) is 10.1. The van der Waals surface area contributed by atoms with Crippen LogP contribution in [-0.2, 0) is 0 Å². The number of carbonyl (C=O) groups is 1. The minimum absolute atomic E-state index is 0.118. The molecular weight excluding hydrogens is 251 g/mol. The van der Waals surface area contributed by atoms with Gasteiger partial charge in [0.05, 0.1) is 0 Å². The van der Waals surface area contributed by atoms with Gasteiger partial charge in [-0.3, -0.25) is 4.79 Å². The molecule has 3 heteroatoms. The molecule has 0 atom stereocenters. The highest BCUT2D eigenvalue weighted by molar-refractivity contribution is 6.31. The number of hydrogen-bond acceptors (Lipinski definition) is 1. The Morgan fingerprint density at radius 3 is 2.28 bits per heavy atom. The molecular formula is C15H12ClFO. The van der Waals surface area contributed by atoms with Crippen molar-refractivity contribution < 1.29 is 9.18 Å². The highest BCUT2D eigenvalue weighted by atomic mass is 35.5. The van der Waals surface area contributed by atoms with Gasteiger partial charge in [0.25, 0.3) is 0 Å². The molecule has 0 bridgehead atoms. The molecule has 0 fully saturated rings. The number of ketones is 1. The molecule has 0 aliphatic rings. The minimum Gasteiger partial charge on any atom is -0.289 e. The fourth-order valence-corrected chi connectivity index (χ4v) is 2.00. The van der Waals surface area contributed by atoms with E-state index >= 15 is 0 Å². The molecule has 1 nitrogen and oxygen atoms in total. The summed E-state index contributed by atoms with van der Waals surface area (Å²) >= 11 is 6.00. The van der Waals surface area contributed by atoms with Gasteiger partial charge in [0.15, 0.2) is 5.78 Å². The van der Waals surface area contributed by atoms with E-state index in [0.717, 1.165) is 11.1 Å². The summed E-state index contributed by atoms with van der Waals surface area (Å²) in [7, 11) is 0. The van der Waals surface area contributed by atoms with E-state index in [1.54, 1.807) is 12.1 Å². The number of hydrogen-bond donors (Lipinski definition) is 0. The van der Waals surface area contributed by atoms with Gasteiger partial charge in [0, 0.05) is 16.1 Å². The van der Waals surface area contributed by atoms with Crippen LogP contribution in [0.25, 0.3) is 0 Å². The maximum Gasteiger partial charge on any atom is 0.193 e. The molecule has 0 saturated carbocycles. The lowest BCUT2D eigenvalue weighted by atomic mass is 9.97. The van der Waals surface area contributed by atoms with E-state index in [9.17, 15) is 9.18 Å². The van der Waals surface area contributed by atoms with Crippen molar-refractivity contribution in [3.8, 4) is 0 Å². The zero-order valence-corrected chi connectivity index (χ0v) is 10.9. The van der Waals surface area contributed by atoms with Crippen molar-refractivity contribution in [3.63, 3.8) is 0 Å². The lowest BCUT2D eigenvalue weighted by molar-refractivity contribution is 0.103. The van der Waals surface area contributed by atoms with Gasteiger partial charge in [-0.2, -0.15) is 0 Å². The first-order valence-corrected chi connectivity index (χ1v) is 5.94. The van der Waals surface area contributed by atoms with Gasteiger partial charge in [-0.1, -0.05) is 11.6 Å². The van der Waals surface area contributed by atoms with Crippen molar-refractivity contribution in [2.75, 3.05) is 0 Å². The zero-order chi connectivity index (χ0) is 13.3. The summed E-state index contributed by atoms with van der Waals surface area (Å²) in [4.78, 5) is 12.3. The van der Waals surface area contributed by atoms with Gasteiger partial charge in [-0.05, 0) is 61.4 Å². The van der Waals surface area contributed by atoms with Crippen LogP contribution in [0.5, 0.6) is 0 Å². The van der Waals surface area contributed by atoms with Gasteiger partial charge in [-0.25, -0.2) is 4.39 Å². The molecule has 0 spiro atoms. The highest BCUT2D eigenvalue weighted by Gasteiger charge is 2.13. The highest BCUT2D eigenvalue weighted by Crippen LogP contribution is 2.22. The SMILES string of the molecule is Cc1cc(C(=O)c2ccc(F)cc2)c(C)cc1Cl. The summed E-state index contributed by atoms with van der Waals surface area (Å²) in [5.41, 5.74) is 2.75. The lowest BCUT2D eigenvalue weighted by Crippen LogP contribution is -2.04. The standard InChI is InChI=1S/C15H12ClFO/c1-9-8-14(16)10(2)7-13(9)15(18)11-3-5-12(17)6-4-11/h3-8H,1-2H3. The van der Waals surface area contributed by atoms with E-state index in [-0.39, 0.29) is 11.6 Å². The number of rotatable bonds is 2. The first-order chi connectivity index (χ1) is 8.49. The molecule has 2 aromatic carbocycles. The normalized spacial score (nSPS) is 10.4. The number of halogens is 2. The van der Waals surface area contributed by atoms with Gasteiger partial charge in [0.1, 0.15) is 5.82 Å². The van der Waals surface area contributed by atoms with Crippen LogP contribution in [-0.4, -0.2) is 5.78 Å². The Bertz CT molecular complexity index is 603. The van der Waals surface area contributed by atoms with Crippen LogP contribution in [0.4, 0.5) is 4.39 Å². The van der Waals surface area contributed by atoms with Crippen LogP contribution < -0.4 is 0 Å². The Morgan fingerprint density at radius 2 is 1.67 bits per heavy atom. The van der Waals surface area contributed by atoms with E-state index in [1.165, 1.54) is 24.3 Å². The Balaban J connectivity index is 2.46. The van der Waals surface area contributed by atoms with Gasteiger partial charge in [-0.15, -0.1) is 0 Å². The second-order valence-corrected chi connectivity index (χ2v) is 4.66. The minimum atomic E-state index is -0.351. The van der Waals surface area contributed by atoms with Crippen molar-refractivity contribution in [2.24, 2.45) is 0 Å². The first-order valence-electron chi connectivity index (χ1n) is 5.56. The molecule has 0 unspecified atom stereocenters. The summed E-state index contributed by atoms with van der Waals surface area (Å²) in [5, 5.41) is 0.642. The summed E-state index contributed by atoms with van der Waals surface area (Å²) in [5.74, 6) is -0.470. The van der Waals surface area contributed by atoms with Gasteiger partial charge >= 0.3 is 0 Å². The molecule has 0 saturated heterocycles. The van der Waals surface area contributed by atoms with Crippen LogP contribution in [0.2, 0.25) is 5.02 Å². The van der Waals surface area contributed by atoms with E-state index in [4.69, 9.17) is 11.6 Å². The van der Waals surface area contributed by atoms with Crippen molar-refractivity contribution in [1.29, 1.82) is 0 Å². The number of aryl methyl sites for hydroxylation is 2. The van der Waals surface area contributed by atoms with Crippen LogP contribution in [0, 0.1) is 19.7 Å². The smallest absolute Gasteiger partial charge is 0.193 e. The molecule has 18 heavy (non-hydrogen) atoms. The largest absolute Gasteiger partial charge is 0.289 e. The van der Waals surface area contributed by atoms with E-state index in [0.29, 0.717) is 16.1 Å². The Hall–Kier alpha value is -1.67. The second-order valence-electron chi connectivity index (χ2n) is 4.25. The maximum atomic E-state index is 12.8. The third-order valence-corrected chi connectivity index (χ3v) is 3.26. The maximum absolute atomic E-state index is 12.8. The molecule has 0 amide bonds. The second kappa shape index (κ2) is 4.91. The van der Waals surface area contributed by atoms with E-state index in [2.05, 4.69) is 0 Å². The molecule has 0 radical (unpaired) electrons. The number of benzene rings is 2. The first kappa shape index (κ1) is 12.8.